The Morgan fingerprint density at radius 2 is 1.57 bits per heavy atom. The van der Waals surface area contributed by atoms with Gasteiger partial charge in [-0.3, -0.25) is 4.79 Å². The molecule has 6 nitrogen and oxygen atoms in total. The van der Waals surface area contributed by atoms with E-state index in [0.29, 0.717) is 39.2 Å². The molecule has 0 aromatic rings. The Balaban J connectivity index is 4.37. The summed E-state index contributed by atoms with van der Waals surface area (Å²) < 4.78 is 17.7. The van der Waals surface area contributed by atoms with Crippen LogP contribution in [0, 0.1) is 5.41 Å². The molecule has 2 N–H and O–H groups in total. The van der Waals surface area contributed by atoms with Crippen molar-refractivity contribution >= 4 is 14.7 Å². The van der Waals surface area contributed by atoms with Gasteiger partial charge in [-0.1, -0.05) is 40.0 Å². The van der Waals surface area contributed by atoms with Gasteiger partial charge in [0.2, 0.25) is 5.91 Å². The molecule has 0 aromatic heterocycles. The summed E-state index contributed by atoms with van der Waals surface area (Å²) in [5.41, 5.74) is -0.0844. The van der Waals surface area contributed by atoms with Crippen molar-refractivity contribution in [3.8, 4) is 0 Å². The minimum Gasteiger partial charge on any atom is -0.393 e. The molecule has 28 heavy (non-hydrogen) atoms. The molecule has 0 aromatic carbocycles. The minimum absolute atomic E-state index is 0.00514. The van der Waals surface area contributed by atoms with Crippen LogP contribution in [-0.4, -0.2) is 52.3 Å². The molecule has 0 aliphatic carbocycles. The van der Waals surface area contributed by atoms with E-state index in [4.69, 9.17) is 13.3 Å². The SMILES string of the molecule is CCCCCC(O)CCC(=O)NCC(C)(C)CC[Si](OCC)(OCC)OCC. The van der Waals surface area contributed by atoms with E-state index in [1.165, 1.54) is 0 Å². The monoisotopic (exact) mass is 419 g/mol. The summed E-state index contributed by atoms with van der Waals surface area (Å²) >= 11 is 0. The van der Waals surface area contributed by atoms with Gasteiger partial charge in [0.1, 0.15) is 0 Å². The summed E-state index contributed by atoms with van der Waals surface area (Å²) in [5, 5.41) is 13.0. The number of carbonyl (C=O) groups excluding carboxylic acids is 1. The van der Waals surface area contributed by atoms with Gasteiger partial charge in [0.25, 0.3) is 0 Å². The van der Waals surface area contributed by atoms with Crippen molar-refractivity contribution in [1.29, 1.82) is 0 Å². The third-order valence-corrected chi connectivity index (χ3v) is 7.86. The van der Waals surface area contributed by atoms with Crippen LogP contribution in [0.2, 0.25) is 6.04 Å². The molecule has 0 radical (unpaired) electrons. The predicted octanol–water partition coefficient (Wildman–Crippen LogP) is 4.29. The maximum atomic E-state index is 12.1. The molecule has 0 saturated heterocycles. The Morgan fingerprint density at radius 1 is 1.00 bits per heavy atom. The van der Waals surface area contributed by atoms with Crippen LogP contribution in [0.3, 0.4) is 0 Å². The molecule has 0 spiro atoms. The fourth-order valence-electron chi connectivity index (χ4n) is 3.08. The lowest BCUT2D eigenvalue weighted by Gasteiger charge is -2.32. The van der Waals surface area contributed by atoms with Gasteiger partial charge in [-0.15, -0.1) is 0 Å². The van der Waals surface area contributed by atoms with Gasteiger partial charge in [-0.05, 0) is 45.4 Å². The van der Waals surface area contributed by atoms with Gasteiger partial charge in [0.15, 0.2) is 0 Å². The number of aliphatic hydroxyl groups is 1. The molecule has 0 rings (SSSR count). The summed E-state index contributed by atoms with van der Waals surface area (Å²) in [7, 11) is -2.65. The molecule has 0 aliphatic heterocycles. The topological polar surface area (TPSA) is 77.0 Å². The van der Waals surface area contributed by atoms with Crippen LogP contribution in [0.25, 0.3) is 0 Å². The first-order valence-electron chi connectivity index (χ1n) is 11.1. The number of rotatable bonds is 18. The maximum absolute atomic E-state index is 12.1. The number of hydrogen-bond acceptors (Lipinski definition) is 5. The van der Waals surface area contributed by atoms with Gasteiger partial charge >= 0.3 is 8.80 Å². The van der Waals surface area contributed by atoms with Gasteiger partial charge in [-0.2, -0.15) is 0 Å². The van der Waals surface area contributed by atoms with Crippen LogP contribution in [0.15, 0.2) is 0 Å². The first-order chi connectivity index (χ1) is 13.2. The average Bonchev–Trinajstić information content (AvgIpc) is 2.64. The molecule has 0 fully saturated rings. The average molecular weight is 420 g/mol. The maximum Gasteiger partial charge on any atom is 0.500 e. The van der Waals surface area contributed by atoms with Crippen molar-refractivity contribution in [3.63, 3.8) is 0 Å². The Kier molecular flexibility index (Phi) is 15.1. The standard InChI is InChI=1S/C21H45NO5Si/c1-7-11-12-13-19(23)14-15-20(24)22-18-21(5,6)16-17-28(25-8-2,26-9-3)27-10-4/h19,23H,7-18H2,1-6H3,(H,22,24). The zero-order valence-corrected chi connectivity index (χ0v) is 20.1. The molecule has 168 valence electrons. The highest BCUT2D eigenvalue weighted by atomic mass is 28.4. The lowest BCUT2D eigenvalue weighted by atomic mass is 9.90. The van der Waals surface area contributed by atoms with Crippen molar-refractivity contribution in [2.24, 2.45) is 5.41 Å². The van der Waals surface area contributed by atoms with Crippen molar-refractivity contribution in [1.82, 2.24) is 5.32 Å². The molecular weight excluding hydrogens is 374 g/mol. The van der Waals surface area contributed by atoms with E-state index in [9.17, 15) is 9.90 Å². The third kappa shape index (κ3) is 12.9. The lowest BCUT2D eigenvalue weighted by molar-refractivity contribution is -0.122. The Labute approximate surface area is 174 Å². The van der Waals surface area contributed by atoms with Crippen molar-refractivity contribution in [3.05, 3.63) is 0 Å². The number of hydrogen-bond donors (Lipinski definition) is 2. The van der Waals surface area contributed by atoms with Gasteiger partial charge in [-0.25, -0.2) is 0 Å². The summed E-state index contributed by atoms with van der Waals surface area (Å²) in [6.45, 7) is 14.6. The Bertz CT molecular complexity index is 389. The summed E-state index contributed by atoms with van der Waals surface area (Å²) in [5.74, 6) is 0.00514. The highest BCUT2D eigenvalue weighted by molar-refractivity contribution is 6.60. The molecule has 1 atom stereocenters. The third-order valence-electron chi connectivity index (χ3n) is 4.81. The summed E-state index contributed by atoms with van der Waals surface area (Å²) in [6, 6.07) is 0.738. The molecule has 1 unspecified atom stereocenters. The molecule has 7 heteroatoms. The first kappa shape index (κ1) is 27.5. The normalized spacial score (nSPS) is 13.5. The number of amides is 1. The van der Waals surface area contributed by atoms with E-state index < -0.39 is 8.80 Å². The van der Waals surface area contributed by atoms with Crippen LogP contribution in [-0.2, 0) is 18.1 Å². The predicted molar refractivity (Wildman–Crippen MR) is 116 cm³/mol. The molecule has 1 amide bonds. The van der Waals surface area contributed by atoms with E-state index >= 15 is 0 Å². The second-order valence-corrected chi connectivity index (χ2v) is 10.8. The molecule has 0 heterocycles. The molecule has 0 saturated carbocycles. The van der Waals surface area contributed by atoms with Crippen LogP contribution >= 0.6 is 0 Å². The number of aliphatic hydroxyl groups excluding tert-OH is 1. The number of unbranched alkanes of at least 4 members (excludes halogenated alkanes) is 2. The number of carbonyl (C=O) groups is 1. The molecule has 0 bridgehead atoms. The highest BCUT2D eigenvalue weighted by Crippen LogP contribution is 2.28. The smallest absolute Gasteiger partial charge is 0.393 e. The second-order valence-electron chi connectivity index (χ2n) is 8.11. The van der Waals surface area contributed by atoms with E-state index in [-0.39, 0.29) is 17.4 Å². The second kappa shape index (κ2) is 15.4. The quantitative estimate of drug-likeness (QED) is 0.256. The lowest BCUT2D eigenvalue weighted by Crippen LogP contribution is -2.47. The van der Waals surface area contributed by atoms with Crippen molar-refractivity contribution in [2.45, 2.75) is 98.6 Å². The zero-order valence-electron chi connectivity index (χ0n) is 19.1. The van der Waals surface area contributed by atoms with E-state index in [2.05, 4.69) is 26.1 Å². The van der Waals surface area contributed by atoms with E-state index in [0.717, 1.165) is 38.1 Å². The molecular formula is C21H45NO5Si. The van der Waals surface area contributed by atoms with E-state index in [1.807, 2.05) is 20.8 Å². The zero-order chi connectivity index (χ0) is 21.5. The van der Waals surface area contributed by atoms with Crippen LogP contribution in [0.1, 0.15) is 86.5 Å². The fraction of sp³-hybridized carbons (Fsp3) is 0.952. The van der Waals surface area contributed by atoms with Crippen molar-refractivity contribution in [2.75, 3.05) is 26.4 Å². The first-order valence-corrected chi connectivity index (χ1v) is 13.0. The van der Waals surface area contributed by atoms with Gasteiger partial charge in [0.05, 0.1) is 6.10 Å². The largest absolute Gasteiger partial charge is 0.500 e. The Hall–Kier alpha value is -0.473. The van der Waals surface area contributed by atoms with Crippen molar-refractivity contribution < 1.29 is 23.2 Å². The summed E-state index contributed by atoms with van der Waals surface area (Å²) in [4.78, 5) is 12.1. The minimum atomic E-state index is -2.65. The number of nitrogens with one attached hydrogen (secondary N) is 1. The fourth-order valence-corrected chi connectivity index (χ4v) is 6.06. The van der Waals surface area contributed by atoms with E-state index in [1.54, 1.807) is 0 Å². The van der Waals surface area contributed by atoms with Crippen LogP contribution in [0.4, 0.5) is 0 Å². The highest BCUT2D eigenvalue weighted by Gasteiger charge is 2.41. The van der Waals surface area contributed by atoms with Gasteiger partial charge in [0, 0.05) is 38.8 Å². The van der Waals surface area contributed by atoms with Crippen LogP contribution in [0.5, 0.6) is 0 Å². The Morgan fingerprint density at radius 3 is 2.07 bits per heavy atom. The molecule has 0 aliphatic rings. The summed E-state index contributed by atoms with van der Waals surface area (Å²) in [6.07, 6.45) is 5.46. The van der Waals surface area contributed by atoms with Crippen LogP contribution < -0.4 is 5.32 Å². The van der Waals surface area contributed by atoms with Gasteiger partial charge < -0.3 is 23.7 Å².